The molecule has 1 aliphatic carbocycles. The highest BCUT2D eigenvalue weighted by Gasteiger charge is 2.34. The molecule has 0 saturated heterocycles. The highest BCUT2D eigenvalue weighted by atomic mass is 14.4. The molecule has 0 spiro atoms. The van der Waals surface area contributed by atoms with Crippen molar-refractivity contribution in [2.24, 2.45) is 17.3 Å². The molecule has 1 fully saturated rings. The second-order valence-electron chi connectivity index (χ2n) is 5.35. The van der Waals surface area contributed by atoms with Crippen molar-refractivity contribution in [1.29, 1.82) is 0 Å². The molecule has 14 heavy (non-hydrogen) atoms. The maximum atomic E-state index is 2.35. The van der Waals surface area contributed by atoms with Crippen molar-refractivity contribution in [2.45, 2.75) is 74.7 Å². The molecule has 1 aliphatic rings. The van der Waals surface area contributed by atoms with E-state index in [2.05, 4.69) is 41.5 Å². The first-order chi connectivity index (χ1) is 6.41. The lowest BCUT2D eigenvalue weighted by molar-refractivity contribution is 0.0864. The highest BCUT2D eigenvalue weighted by Crippen LogP contribution is 2.44. The molecule has 0 aromatic carbocycles. The fourth-order valence-corrected chi connectivity index (χ4v) is 1.61. The Morgan fingerprint density at radius 3 is 1.36 bits per heavy atom. The van der Waals surface area contributed by atoms with Gasteiger partial charge in [-0.2, -0.15) is 0 Å². The van der Waals surface area contributed by atoms with Crippen molar-refractivity contribution >= 4 is 0 Å². The minimum absolute atomic E-state index is 0.576. The van der Waals surface area contributed by atoms with E-state index in [4.69, 9.17) is 0 Å². The van der Waals surface area contributed by atoms with E-state index >= 15 is 0 Å². The van der Waals surface area contributed by atoms with Crippen LogP contribution in [0.3, 0.4) is 0 Å². The maximum Gasteiger partial charge on any atom is -0.0354 e. The first kappa shape index (κ1) is 16.4. The number of rotatable bonds is 0. The zero-order chi connectivity index (χ0) is 11.8. The third-order valence-electron chi connectivity index (χ3n) is 2.60. The summed E-state index contributed by atoms with van der Waals surface area (Å²) in [6, 6.07) is 0. The van der Waals surface area contributed by atoms with Crippen LogP contribution in [-0.4, -0.2) is 0 Å². The molecule has 1 rings (SSSR count). The smallest absolute Gasteiger partial charge is 0.0354 e. The summed E-state index contributed by atoms with van der Waals surface area (Å²) < 4.78 is 0. The molecule has 88 valence electrons. The van der Waals surface area contributed by atoms with Crippen molar-refractivity contribution in [2.75, 3.05) is 0 Å². The number of hydrogen-bond donors (Lipinski definition) is 0. The summed E-state index contributed by atoms with van der Waals surface area (Å²) in [5.41, 5.74) is 0.576. The van der Waals surface area contributed by atoms with Crippen molar-refractivity contribution in [3.63, 3.8) is 0 Å². The highest BCUT2D eigenvalue weighted by molar-refractivity contribution is 4.84. The summed E-state index contributed by atoms with van der Waals surface area (Å²) in [5.74, 6) is 2.02. The van der Waals surface area contributed by atoms with E-state index in [0.717, 1.165) is 11.8 Å². The van der Waals surface area contributed by atoms with Gasteiger partial charge in [-0.3, -0.25) is 0 Å². The molecule has 0 radical (unpaired) electrons. The zero-order valence-corrected chi connectivity index (χ0v) is 11.8. The van der Waals surface area contributed by atoms with Gasteiger partial charge in [0.25, 0.3) is 0 Å². The third-order valence-corrected chi connectivity index (χ3v) is 2.60. The topological polar surface area (TPSA) is 0 Å². The summed E-state index contributed by atoms with van der Waals surface area (Å²) in [6.45, 7) is 17.7. The Bertz CT molecular complexity index is 102. The zero-order valence-electron chi connectivity index (χ0n) is 11.8. The average molecular weight is 200 g/mol. The van der Waals surface area contributed by atoms with Crippen LogP contribution in [0.5, 0.6) is 0 Å². The first-order valence-electron chi connectivity index (χ1n) is 6.41. The van der Waals surface area contributed by atoms with Gasteiger partial charge in [0.2, 0.25) is 0 Å². The molecule has 0 N–H and O–H groups in total. The molecule has 0 nitrogen and oxygen atoms in total. The Labute approximate surface area is 92.5 Å². The van der Waals surface area contributed by atoms with Gasteiger partial charge >= 0.3 is 0 Å². The van der Waals surface area contributed by atoms with Crippen LogP contribution in [0.25, 0.3) is 0 Å². The molecular weight excluding hydrogens is 168 g/mol. The largest absolute Gasteiger partial charge is 0.0683 e. The molecule has 1 saturated carbocycles. The van der Waals surface area contributed by atoms with E-state index in [1.165, 1.54) is 19.3 Å². The van der Waals surface area contributed by atoms with Gasteiger partial charge in [0.1, 0.15) is 0 Å². The van der Waals surface area contributed by atoms with E-state index in [-0.39, 0.29) is 0 Å². The van der Waals surface area contributed by atoms with E-state index in [0.29, 0.717) is 5.41 Å². The minimum Gasteiger partial charge on any atom is -0.0683 e. The van der Waals surface area contributed by atoms with Crippen LogP contribution in [0.15, 0.2) is 0 Å². The standard InChI is InChI=1S/C9H18.C3H8.C2H6/c1-7-5-8(6-7)9(2,3)4;1-3-2;1-2/h7-8H,5-6H2,1-4H3;3H2,1-2H3;1-2H3. The normalized spacial score (nSPS) is 24.9. The lowest BCUT2D eigenvalue weighted by Crippen LogP contribution is -2.32. The van der Waals surface area contributed by atoms with E-state index in [1.54, 1.807) is 0 Å². The fraction of sp³-hybridized carbons (Fsp3) is 1.00. The van der Waals surface area contributed by atoms with Crippen molar-refractivity contribution in [3.05, 3.63) is 0 Å². The van der Waals surface area contributed by atoms with Crippen molar-refractivity contribution < 1.29 is 0 Å². The molecule has 0 heterocycles. The summed E-state index contributed by atoms with van der Waals surface area (Å²) in [6.07, 6.45) is 4.17. The molecule has 0 bridgehead atoms. The van der Waals surface area contributed by atoms with Crippen LogP contribution in [0.4, 0.5) is 0 Å². The molecule has 0 heteroatoms. The Morgan fingerprint density at radius 2 is 1.29 bits per heavy atom. The number of hydrogen-bond acceptors (Lipinski definition) is 0. The molecule has 0 aromatic heterocycles. The van der Waals surface area contributed by atoms with Crippen LogP contribution in [0, 0.1) is 17.3 Å². The van der Waals surface area contributed by atoms with E-state index < -0.39 is 0 Å². The molecule has 0 unspecified atom stereocenters. The summed E-state index contributed by atoms with van der Waals surface area (Å²) >= 11 is 0. The molecule has 0 aliphatic heterocycles. The van der Waals surface area contributed by atoms with Crippen molar-refractivity contribution in [1.82, 2.24) is 0 Å². The first-order valence-corrected chi connectivity index (χ1v) is 6.41. The quantitative estimate of drug-likeness (QED) is 0.483. The summed E-state index contributed by atoms with van der Waals surface area (Å²) in [5, 5.41) is 0. The van der Waals surface area contributed by atoms with Crippen LogP contribution in [0.1, 0.15) is 74.7 Å². The summed E-state index contributed by atoms with van der Waals surface area (Å²) in [7, 11) is 0. The van der Waals surface area contributed by atoms with Gasteiger partial charge in [-0.1, -0.05) is 61.8 Å². The fourth-order valence-electron chi connectivity index (χ4n) is 1.61. The molecular formula is C14H32. The lowest BCUT2D eigenvalue weighted by Gasteiger charge is -2.42. The summed E-state index contributed by atoms with van der Waals surface area (Å²) in [4.78, 5) is 0. The molecule has 0 atom stereocenters. The van der Waals surface area contributed by atoms with Gasteiger partial charge in [-0.15, -0.1) is 0 Å². The molecule has 0 aromatic rings. The maximum absolute atomic E-state index is 2.35. The van der Waals surface area contributed by atoms with Gasteiger partial charge in [0.05, 0.1) is 0 Å². The Kier molecular flexibility index (Phi) is 9.76. The monoisotopic (exact) mass is 200 g/mol. The Hall–Kier alpha value is 0. The predicted octanol–water partition coefficient (Wildman–Crippen LogP) is 5.52. The second-order valence-corrected chi connectivity index (χ2v) is 5.35. The average Bonchev–Trinajstić information content (AvgIpc) is 2.02. The van der Waals surface area contributed by atoms with Gasteiger partial charge in [0.15, 0.2) is 0 Å². The predicted molar refractivity (Wildman–Crippen MR) is 68.7 cm³/mol. The van der Waals surface area contributed by atoms with Crippen LogP contribution >= 0.6 is 0 Å². The van der Waals surface area contributed by atoms with Gasteiger partial charge in [-0.25, -0.2) is 0 Å². The van der Waals surface area contributed by atoms with Crippen LogP contribution in [-0.2, 0) is 0 Å². The molecule has 0 amide bonds. The minimum atomic E-state index is 0.576. The van der Waals surface area contributed by atoms with Crippen LogP contribution in [0.2, 0.25) is 0 Å². The Morgan fingerprint density at radius 1 is 1.00 bits per heavy atom. The van der Waals surface area contributed by atoms with E-state index in [9.17, 15) is 0 Å². The lowest BCUT2D eigenvalue weighted by atomic mass is 9.64. The van der Waals surface area contributed by atoms with Gasteiger partial charge < -0.3 is 0 Å². The Balaban J connectivity index is 0. The SMILES string of the molecule is CC.CC1CC(C(C)(C)C)C1.CCC. The van der Waals surface area contributed by atoms with Crippen molar-refractivity contribution in [3.8, 4) is 0 Å². The van der Waals surface area contributed by atoms with Gasteiger partial charge in [-0.05, 0) is 30.1 Å². The van der Waals surface area contributed by atoms with E-state index in [1.807, 2.05) is 13.8 Å². The third kappa shape index (κ3) is 7.41. The van der Waals surface area contributed by atoms with Crippen LogP contribution < -0.4 is 0 Å². The van der Waals surface area contributed by atoms with Gasteiger partial charge in [0, 0.05) is 0 Å². The second kappa shape index (κ2) is 8.32.